The number of benzene rings is 2. The quantitative estimate of drug-likeness (QED) is 0.462. The lowest BCUT2D eigenvalue weighted by Crippen LogP contribution is -2.24. The van der Waals surface area contributed by atoms with Crippen LogP contribution in [0.15, 0.2) is 60.9 Å². The fraction of sp³-hybridized carbons (Fsp3) is 0.160. The van der Waals surface area contributed by atoms with E-state index < -0.39 is 6.09 Å². The Labute approximate surface area is 191 Å². The summed E-state index contributed by atoms with van der Waals surface area (Å²) in [6.07, 6.45) is 3.01. The largest absolute Gasteiger partial charge is 0.496 e. The highest BCUT2D eigenvalue weighted by molar-refractivity contribution is 6.04. The summed E-state index contributed by atoms with van der Waals surface area (Å²) in [6, 6.07) is 15.1. The average Bonchev–Trinajstić information content (AvgIpc) is 3.26. The number of methoxy groups -OCH3 is 2. The third-order valence-electron chi connectivity index (χ3n) is 5.34. The molecule has 2 heterocycles. The van der Waals surface area contributed by atoms with Crippen LogP contribution in [0, 0.1) is 0 Å². The van der Waals surface area contributed by atoms with E-state index in [2.05, 4.69) is 20.0 Å². The number of H-pyrrole nitrogens is 1. The number of pyridine rings is 1. The molecule has 0 radical (unpaired) electrons. The number of carbonyl (C=O) groups is 2. The first-order valence-corrected chi connectivity index (χ1v) is 10.2. The van der Waals surface area contributed by atoms with E-state index in [9.17, 15) is 9.59 Å². The summed E-state index contributed by atoms with van der Waals surface area (Å²) >= 11 is 0. The molecule has 0 atom stereocenters. The number of amides is 2. The van der Waals surface area contributed by atoms with Gasteiger partial charge in [0.2, 0.25) is 0 Å². The zero-order valence-corrected chi connectivity index (χ0v) is 18.8. The lowest BCUT2D eigenvalue weighted by Gasteiger charge is -2.16. The molecule has 2 aromatic heterocycles. The van der Waals surface area contributed by atoms with Crippen molar-refractivity contribution in [3.05, 3.63) is 66.5 Å². The van der Waals surface area contributed by atoms with Gasteiger partial charge in [0, 0.05) is 48.6 Å². The van der Waals surface area contributed by atoms with E-state index in [-0.39, 0.29) is 5.91 Å². The van der Waals surface area contributed by atoms with Gasteiger partial charge in [-0.1, -0.05) is 24.3 Å². The molecule has 33 heavy (non-hydrogen) atoms. The predicted octanol–water partition coefficient (Wildman–Crippen LogP) is 4.79. The normalized spacial score (nSPS) is 10.7. The molecule has 0 spiro atoms. The summed E-state index contributed by atoms with van der Waals surface area (Å²) in [7, 11) is 6.23. The average molecular weight is 444 g/mol. The van der Waals surface area contributed by atoms with Gasteiger partial charge >= 0.3 is 6.09 Å². The summed E-state index contributed by atoms with van der Waals surface area (Å²) in [6.45, 7) is 0. The van der Waals surface area contributed by atoms with E-state index in [0.717, 1.165) is 39.0 Å². The fourth-order valence-electron chi connectivity index (χ4n) is 3.66. The molecule has 0 aliphatic carbocycles. The van der Waals surface area contributed by atoms with Gasteiger partial charge in [-0.2, -0.15) is 0 Å². The van der Waals surface area contributed by atoms with Crippen LogP contribution in [0.5, 0.6) is 5.75 Å². The van der Waals surface area contributed by atoms with Crippen molar-refractivity contribution in [1.82, 2.24) is 14.9 Å². The van der Waals surface area contributed by atoms with Crippen molar-refractivity contribution in [3.63, 3.8) is 0 Å². The number of fused-ring (bicyclic) bond motifs is 1. The molecule has 0 aliphatic heterocycles. The Kier molecular flexibility index (Phi) is 5.99. The lowest BCUT2D eigenvalue weighted by molar-refractivity contribution is 0.0828. The maximum atomic E-state index is 12.8. The van der Waals surface area contributed by atoms with Crippen molar-refractivity contribution in [1.29, 1.82) is 0 Å². The van der Waals surface area contributed by atoms with Crippen molar-refractivity contribution in [2.24, 2.45) is 0 Å². The van der Waals surface area contributed by atoms with Gasteiger partial charge in [-0.05, 0) is 29.8 Å². The number of hydrogen-bond donors (Lipinski definition) is 2. The smallest absolute Gasteiger partial charge is 0.411 e. The summed E-state index contributed by atoms with van der Waals surface area (Å²) in [5.74, 6) is 0.523. The van der Waals surface area contributed by atoms with Crippen molar-refractivity contribution < 1.29 is 19.1 Å². The van der Waals surface area contributed by atoms with E-state index >= 15 is 0 Å². The maximum Gasteiger partial charge on any atom is 0.411 e. The molecule has 4 rings (SSSR count). The highest BCUT2D eigenvalue weighted by Gasteiger charge is 2.18. The highest BCUT2D eigenvalue weighted by Crippen LogP contribution is 2.36. The first kappa shape index (κ1) is 21.9. The number of anilines is 1. The molecule has 0 saturated heterocycles. The van der Waals surface area contributed by atoms with Crippen LogP contribution in [0.25, 0.3) is 33.3 Å². The molecular weight excluding hydrogens is 420 g/mol. The van der Waals surface area contributed by atoms with Crippen LogP contribution in [0.3, 0.4) is 0 Å². The number of aromatic nitrogens is 2. The number of ether oxygens (including phenoxy) is 2. The van der Waals surface area contributed by atoms with Crippen LogP contribution in [-0.2, 0) is 4.74 Å². The molecule has 4 aromatic rings. The molecule has 0 unspecified atom stereocenters. The van der Waals surface area contributed by atoms with Crippen LogP contribution < -0.4 is 10.1 Å². The highest BCUT2D eigenvalue weighted by atomic mass is 16.5. The summed E-state index contributed by atoms with van der Waals surface area (Å²) in [5.41, 5.74) is 4.99. The maximum absolute atomic E-state index is 12.8. The van der Waals surface area contributed by atoms with Crippen LogP contribution >= 0.6 is 0 Å². The predicted molar refractivity (Wildman–Crippen MR) is 128 cm³/mol. The number of nitrogens with zero attached hydrogens (tertiary/aromatic N) is 2. The lowest BCUT2D eigenvalue weighted by atomic mass is 9.99. The Balaban J connectivity index is 1.82. The van der Waals surface area contributed by atoms with E-state index in [1.54, 1.807) is 39.5 Å². The van der Waals surface area contributed by atoms with E-state index in [0.29, 0.717) is 11.3 Å². The Bertz CT molecular complexity index is 1340. The molecule has 2 amide bonds. The second kappa shape index (κ2) is 9.04. The number of hydrogen-bond acceptors (Lipinski definition) is 5. The number of aromatic amines is 1. The second-order valence-electron chi connectivity index (χ2n) is 7.60. The Morgan fingerprint density at radius 1 is 1.00 bits per heavy atom. The van der Waals surface area contributed by atoms with Gasteiger partial charge in [0.15, 0.2) is 0 Å². The van der Waals surface area contributed by atoms with Gasteiger partial charge in [-0.15, -0.1) is 0 Å². The van der Waals surface area contributed by atoms with Gasteiger partial charge in [-0.3, -0.25) is 10.1 Å². The van der Waals surface area contributed by atoms with Crippen molar-refractivity contribution in [2.45, 2.75) is 0 Å². The Morgan fingerprint density at radius 2 is 1.79 bits per heavy atom. The minimum absolute atomic E-state index is 0.242. The molecule has 0 aliphatic rings. The van der Waals surface area contributed by atoms with Crippen LogP contribution in [0.4, 0.5) is 10.5 Å². The number of rotatable bonds is 5. The topological polar surface area (TPSA) is 96.5 Å². The third kappa shape index (κ3) is 4.23. The Morgan fingerprint density at radius 3 is 2.52 bits per heavy atom. The summed E-state index contributed by atoms with van der Waals surface area (Å²) in [4.78, 5) is 33.8. The third-order valence-corrected chi connectivity index (χ3v) is 5.34. The van der Waals surface area contributed by atoms with Gasteiger partial charge < -0.3 is 19.4 Å². The minimum atomic E-state index is -0.646. The molecule has 0 bridgehead atoms. The van der Waals surface area contributed by atoms with Crippen LogP contribution in [0.2, 0.25) is 0 Å². The van der Waals surface area contributed by atoms with Gasteiger partial charge in [0.1, 0.15) is 11.4 Å². The molecule has 168 valence electrons. The minimum Gasteiger partial charge on any atom is -0.496 e. The molecule has 2 N–H and O–H groups in total. The molecule has 8 heteroatoms. The van der Waals surface area contributed by atoms with Crippen molar-refractivity contribution in [2.75, 3.05) is 33.6 Å². The van der Waals surface area contributed by atoms with Gasteiger partial charge in [-0.25, -0.2) is 9.78 Å². The molecule has 8 nitrogen and oxygen atoms in total. The van der Waals surface area contributed by atoms with Crippen LogP contribution in [0.1, 0.15) is 10.4 Å². The monoisotopic (exact) mass is 444 g/mol. The van der Waals surface area contributed by atoms with Crippen LogP contribution in [-0.4, -0.2) is 55.2 Å². The van der Waals surface area contributed by atoms with Crippen molar-refractivity contribution >= 4 is 28.7 Å². The number of carbonyl (C=O) groups excluding carboxylic acids is 2. The van der Waals surface area contributed by atoms with E-state index in [1.807, 2.05) is 42.6 Å². The zero-order chi connectivity index (χ0) is 23.5. The van der Waals surface area contributed by atoms with E-state index in [4.69, 9.17) is 4.74 Å². The Hall–Kier alpha value is -4.33. The number of para-hydroxylation sites is 1. The second-order valence-corrected chi connectivity index (χ2v) is 7.60. The summed E-state index contributed by atoms with van der Waals surface area (Å²) < 4.78 is 10.2. The van der Waals surface area contributed by atoms with E-state index in [1.165, 1.54) is 12.0 Å². The fourth-order valence-corrected chi connectivity index (χ4v) is 3.66. The SMILES string of the molecule is COC(=O)Nc1ccc(-c2cnc3[nH]cc(-c4ccccc4OC)c3c2)cc1C(=O)N(C)C. The molecule has 0 saturated carbocycles. The van der Waals surface area contributed by atoms with Gasteiger partial charge in [0.05, 0.1) is 25.5 Å². The molecule has 0 fully saturated rings. The standard InChI is InChI=1S/C25H24N4O4/c1-29(2)24(30)19-11-15(9-10-21(19)28-25(31)33-4)16-12-18-20(14-27-23(18)26-13-16)17-7-5-6-8-22(17)32-3/h5-14H,1-4H3,(H,26,27)(H,28,31). The van der Waals surface area contributed by atoms with Crippen molar-refractivity contribution in [3.8, 4) is 28.0 Å². The summed E-state index contributed by atoms with van der Waals surface area (Å²) in [5, 5.41) is 3.53. The zero-order valence-electron chi connectivity index (χ0n) is 18.8. The first-order chi connectivity index (χ1) is 15.9. The molecule has 2 aromatic carbocycles. The first-order valence-electron chi connectivity index (χ1n) is 10.2. The number of nitrogens with one attached hydrogen (secondary N) is 2. The molecular formula is C25H24N4O4. The van der Waals surface area contributed by atoms with Gasteiger partial charge in [0.25, 0.3) is 5.91 Å².